The van der Waals surface area contributed by atoms with Gasteiger partial charge in [0.05, 0.1) is 17.9 Å². The van der Waals surface area contributed by atoms with Crippen LogP contribution in [0.3, 0.4) is 0 Å². The SMILES string of the molecule is C[C@H](NC(=O)C1CC1c1ccc(F)cc1Cl)c1ccc(OCC(F)(F)F)cn1. The number of hydrogen-bond acceptors (Lipinski definition) is 3. The minimum absolute atomic E-state index is 0.00666. The van der Waals surface area contributed by atoms with Gasteiger partial charge in [-0.25, -0.2) is 4.39 Å². The van der Waals surface area contributed by atoms with Gasteiger partial charge in [-0.1, -0.05) is 17.7 Å². The van der Waals surface area contributed by atoms with Crippen LogP contribution in [0.1, 0.15) is 36.6 Å². The maximum atomic E-state index is 13.1. The van der Waals surface area contributed by atoms with Gasteiger partial charge in [-0.15, -0.1) is 0 Å². The van der Waals surface area contributed by atoms with E-state index in [0.29, 0.717) is 17.1 Å². The summed E-state index contributed by atoms with van der Waals surface area (Å²) in [5.74, 6) is -0.950. The lowest BCUT2D eigenvalue weighted by molar-refractivity contribution is -0.153. The first-order chi connectivity index (χ1) is 13.1. The molecule has 0 saturated heterocycles. The highest BCUT2D eigenvalue weighted by atomic mass is 35.5. The van der Waals surface area contributed by atoms with Crippen LogP contribution in [0.2, 0.25) is 5.02 Å². The van der Waals surface area contributed by atoms with E-state index in [1.165, 1.54) is 30.5 Å². The maximum Gasteiger partial charge on any atom is 0.422 e. The van der Waals surface area contributed by atoms with Gasteiger partial charge in [-0.05, 0) is 49.1 Å². The maximum absolute atomic E-state index is 13.1. The largest absolute Gasteiger partial charge is 0.483 e. The fraction of sp³-hybridized carbons (Fsp3) is 0.368. The first-order valence-corrected chi connectivity index (χ1v) is 8.92. The van der Waals surface area contributed by atoms with Crippen molar-refractivity contribution < 1.29 is 27.1 Å². The summed E-state index contributed by atoms with van der Waals surface area (Å²) in [4.78, 5) is 16.5. The fourth-order valence-electron chi connectivity index (χ4n) is 2.92. The van der Waals surface area contributed by atoms with E-state index in [-0.39, 0.29) is 23.5 Å². The minimum atomic E-state index is -4.42. The van der Waals surface area contributed by atoms with Crippen molar-refractivity contribution in [2.75, 3.05) is 6.61 Å². The molecule has 1 aromatic carbocycles. The number of pyridine rings is 1. The van der Waals surface area contributed by atoms with Crippen molar-refractivity contribution in [3.8, 4) is 5.75 Å². The van der Waals surface area contributed by atoms with E-state index in [4.69, 9.17) is 11.6 Å². The van der Waals surface area contributed by atoms with E-state index in [0.717, 1.165) is 5.56 Å². The quantitative estimate of drug-likeness (QED) is 0.688. The van der Waals surface area contributed by atoms with Crippen molar-refractivity contribution in [3.63, 3.8) is 0 Å². The summed E-state index contributed by atoms with van der Waals surface area (Å²) >= 11 is 6.04. The lowest BCUT2D eigenvalue weighted by Crippen LogP contribution is -2.29. The lowest BCUT2D eigenvalue weighted by atomic mass is 10.1. The van der Waals surface area contributed by atoms with Crippen molar-refractivity contribution in [3.05, 3.63) is 58.6 Å². The Balaban J connectivity index is 1.55. The van der Waals surface area contributed by atoms with Gasteiger partial charge in [0, 0.05) is 10.9 Å². The average molecular weight is 417 g/mol. The Hall–Kier alpha value is -2.35. The van der Waals surface area contributed by atoms with E-state index in [1.54, 1.807) is 13.0 Å². The molecule has 1 aliphatic carbocycles. The molecule has 1 saturated carbocycles. The number of amides is 1. The summed E-state index contributed by atoms with van der Waals surface area (Å²) in [5.41, 5.74) is 1.23. The molecule has 9 heteroatoms. The molecule has 1 N–H and O–H groups in total. The van der Waals surface area contributed by atoms with Gasteiger partial charge in [0.25, 0.3) is 0 Å². The molecule has 2 unspecified atom stereocenters. The number of aromatic nitrogens is 1. The molecule has 28 heavy (non-hydrogen) atoms. The van der Waals surface area contributed by atoms with Crippen LogP contribution in [-0.2, 0) is 4.79 Å². The molecule has 0 aliphatic heterocycles. The molecule has 1 amide bonds. The molecule has 4 nitrogen and oxygen atoms in total. The summed E-state index contributed by atoms with van der Waals surface area (Å²) in [7, 11) is 0. The molecular weight excluding hydrogens is 400 g/mol. The third-order valence-electron chi connectivity index (χ3n) is 4.45. The molecule has 0 bridgehead atoms. The van der Waals surface area contributed by atoms with Crippen LogP contribution in [0.5, 0.6) is 5.75 Å². The van der Waals surface area contributed by atoms with E-state index in [9.17, 15) is 22.4 Å². The number of carbonyl (C=O) groups excluding carboxylic acids is 1. The van der Waals surface area contributed by atoms with Gasteiger partial charge < -0.3 is 10.1 Å². The zero-order chi connectivity index (χ0) is 20.5. The molecule has 2 aromatic rings. The summed E-state index contributed by atoms with van der Waals surface area (Å²) in [6.07, 6.45) is -2.63. The Morgan fingerprint density at radius 2 is 2.11 bits per heavy atom. The summed E-state index contributed by atoms with van der Waals surface area (Å²) in [5, 5.41) is 3.12. The highest BCUT2D eigenvalue weighted by Gasteiger charge is 2.45. The first-order valence-electron chi connectivity index (χ1n) is 8.55. The monoisotopic (exact) mass is 416 g/mol. The number of ether oxygens (including phenoxy) is 1. The van der Waals surface area contributed by atoms with Crippen LogP contribution in [0.25, 0.3) is 0 Å². The van der Waals surface area contributed by atoms with Gasteiger partial charge >= 0.3 is 6.18 Å². The minimum Gasteiger partial charge on any atom is -0.483 e. The van der Waals surface area contributed by atoms with Crippen LogP contribution in [0.4, 0.5) is 17.6 Å². The van der Waals surface area contributed by atoms with Crippen LogP contribution in [-0.4, -0.2) is 23.7 Å². The zero-order valence-electron chi connectivity index (χ0n) is 14.8. The molecule has 150 valence electrons. The second-order valence-electron chi connectivity index (χ2n) is 6.67. The fourth-order valence-corrected chi connectivity index (χ4v) is 3.23. The van der Waals surface area contributed by atoms with Crippen molar-refractivity contribution in [1.82, 2.24) is 10.3 Å². The molecular formula is C19H17ClF4N2O2. The first kappa shape index (κ1) is 20.4. The zero-order valence-corrected chi connectivity index (χ0v) is 15.5. The number of nitrogens with one attached hydrogen (secondary N) is 1. The number of alkyl halides is 3. The molecule has 0 spiro atoms. The van der Waals surface area contributed by atoms with Gasteiger partial charge in [-0.2, -0.15) is 13.2 Å². The number of halogens is 5. The Kier molecular flexibility index (Phi) is 5.79. The Morgan fingerprint density at radius 3 is 2.71 bits per heavy atom. The Morgan fingerprint density at radius 1 is 1.36 bits per heavy atom. The molecule has 3 rings (SSSR count). The Labute approximate surface area is 163 Å². The van der Waals surface area contributed by atoms with Crippen LogP contribution in [0.15, 0.2) is 36.5 Å². The van der Waals surface area contributed by atoms with E-state index >= 15 is 0 Å². The molecule has 0 radical (unpaired) electrons. The standard InChI is InChI=1S/C19H17ClF4N2O2/c1-10(17-5-3-12(8-25-17)28-9-19(22,23)24)26-18(27)15-7-14(15)13-4-2-11(21)6-16(13)20/h2-6,8,10,14-15H,7,9H2,1H3,(H,26,27)/t10-,14?,15?/m0/s1. The molecule has 1 aliphatic rings. The van der Waals surface area contributed by atoms with Crippen LogP contribution in [0, 0.1) is 11.7 Å². The number of carbonyl (C=O) groups is 1. The van der Waals surface area contributed by atoms with Crippen LogP contribution < -0.4 is 10.1 Å². The van der Waals surface area contributed by atoms with Gasteiger partial charge in [0.1, 0.15) is 11.6 Å². The normalized spacial score (nSPS) is 19.8. The predicted molar refractivity (Wildman–Crippen MR) is 94.6 cm³/mol. The summed E-state index contributed by atoms with van der Waals surface area (Å²) in [6.45, 7) is 0.327. The summed E-state index contributed by atoms with van der Waals surface area (Å²) in [6, 6.07) is 6.55. The van der Waals surface area contributed by atoms with Crippen LogP contribution >= 0.6 is 11.6 Å². The van der Waals surface area contributed by atoms with E-state index in [2.05, 4.69) is 15.0 Å². The second-order valence-corrected chi connectivity index (χ2v) is 7.07. The number of rotatable bonds is 6. The Bertz CT molecular complexity index is 858. The highest BCUT2D eigenvalue weighted by Crippen LogP contribution is 2.50. The number of hydrogen-bond donors (Lipinski definition) is 1. The van der Waals surface area contributed by atoms with Gasteiger partial charge in [-0.3, -0.25) is 9.78 Å². The van der Waals surface area contributed by atoms with E-state index in [1.807, 2.05) is 0 Å². The topological polar surface area (TPSA) is 51.2 Å². The van der Waals surface area contributed by atoms with Crippen molar-refractivity contribution in [2.24, 2.45) is 5.92 Å². The summed E-state index contributed by atoms with van der Waals surface area (Å²) < 4.78 is 54.2. The molecule has 3 atom stereocenters. The molecule has 1 fully saturated rings. The smallest absolute Gasteiger partial charge is 0.422 e. The highest BCUT2D eigenvalue weighted by molar-refractivity contribution is 6.31. The third-order valence-corrected chi connectivity index (χ3v) is 4.78. The van der Waals surface area contributed by atoms with Crippen molar-refractivity contribution >= 4 is 17.5 Å². The van der Waals surface area contributed by atoms with Gasteiger partial charge in [0.2, 0.25) is 5.91 Å². The third kappa shape index (κ3) is 5.13. The van der Waals surface area contributed by atoms with Crippen molar-refractivity contribution in [1.29, 1.82) is 0 Å². The predicted octanol–water partition coefficient (Wildman–Crippen LogP) is 4.80. The number of nitrogens with zero attached hydrogens (tertiary/aromatic N) is 1. The number of benzene rings is 1. The second kappa shape index (κ2) is 7.95. The average Bonchev–Trinajstić information content (AvgIpc) is 3.40. The van der Waals surface area contributed by atoms with Gasteiger partial charge in [0.15, 0.2) is 6.61 Å². The lowest BCUT2D eigenvalue weighted by Gasteiger charge is -2.14. The molecule has 1 heterocycles. The van der Waals surface area contributed by atoms with E-state index < -0.39 is 24.6 Å². The molecule has 1 aromatic heterocycles. The van der Waals surface area contributed by atoms with Crippen molar-refractivity contribution in [2.45, 2.75) is 31.5 Å².